The molecule has 1 fully saturated rings. The largest absolute Gasteiger partial charge is 0.391 e. The summed E-state index contributed by atoms with van der Waals surface area (Å²) in [6.07, 6.45) is 4.70. The van der Waals surface area contributed by atoms with Gasteiger partial charge in [0.1, 0.15) is 0 Å². The van der Waals surface area contributed by atoms with Gasteiger partial charge in [0.15, 0.2) is 0 Å². The summed E-state index contributed by atoms with van der Waals surface area (Å²) in [5.74, 6) is 0.222. The molecule has 0 unspecified atom stereocenters. The Hall–Kier alpha value is -2.17. The standard InChI is InChI=1S/C21H25N3O/c1-2-24-14-16(12-22-24)13-23-10-9-20(21(25)15-23)19-8-7-17-5-3-4-6-18(17)11-19/h3-8,11-12,14,20-21,25H,2,9-10,13,15H2,1H3/t20-,21+/m0/s1. The zero-order chi connectivity index (χ0) is 17.2. The van der Waals surface area contributed by atoms with Crippen molar-refractivity contribution in [1.82, 2.24) is 14.7 Å². The monoisotopic (exact) mass is 335 g/mol. The van der Waals surface area contributed by atoms with Crippen molar-refractivity contribution in [2.75, 3.05) is 13.1 Å². The molecular weight excluding hydrogens is 310 g/mol. The van der Waals surface area contributed by atoms with Crippen LogP contribution in [-0.2, 0) is 13.1 Å². The number of rotatable bonds is 4. The number of hydrogen-bond acceptors (Lipinski definition) is 3. The van der Waals surface area contributed by atoms with Gasteiger partial charge in [-0.3, -0.25) is 9.58 Å². The number of aliphatic hydroxyl groups is 1. The number of likely N-dealkylation sites (tertiary alicyclic amines) is 1. The fraction of sp³-hybridized carbons (Fsp3) is 0.381. The topological polar surface area (TPSA) is 41.3 Å². The second-order valence-corrected chi connectivity index (χ2v) is 7.01. The number of aliphatic hydroxyl groups excluding tert-OH is 1. The van der Waals surface area contributed by atoms with Crippen molar-refractivity contribution in [3.8, 4) is 0 Å². The molecule has 2 heterocycles. The van der Waals surface area contributed by atoms with Crippen LogP contribution >= 0.6 is 0 Å². The molecule has 0 aliphatic carbocycles. The van der Waals surface area contributed by atoms with Crippen LogP contribution in [0.15, 0.2) is 54.9 Å². The number of fused-ring (bicyclic) bond motifs is 1. The van der Waals surface area contributed by atoms with Crippen molar-refractivity contribution >= 4 is 10.8 Å². The smallest absolute Gasteiger partial charge is 0.0736 e. The molecule has 1 aliphatic heterocycles. The number of benzene rings is 2. The van der Waals surface area contributed by atoms with Crippen LogP contribution in [0.1, 0.15) is 30.4 Å². The van der Waals surface area contributed by atoms with Gasteiger partial charge in [0, 0.05) is 37.3 Å². The van der Waals surface area contributed by atoms with Crippen molar-refractivity contribution in [2.45, 2.75) is 38.5 Å². The van der Waals surface area contributed by atoms with Crippen LogP contribution in [0.25, 0.3) is 10.8 Å². The van der Waals surface area contributed by atoms with E-state index in [2.05, 4.69) is 65.6 Å². The molecule has 4 rings (SSSR count). The zero-order valence-electron chi connectivity index (χ0n) is 14.7. The molecule has 2 atom stereocenters. The lowest BCUT2D eigenvalue weighted by Crippen LogP contribution is -2.42. The molecule has 0 saturated carbocycles. The summed E-state index contributed by atoms with van der Waals surface area (Å²) in [7, 11) is 0. The Labute approximate surface area is 148 Å². The normalized spacial score (nSPS) is 21.7. The third kappa shape index (κ3) is 3.46. The Bertz CT molecular complexity index is 857. The molecule has 1 aromatic heterocycles. The van der Waals surface area contributed by atoms with Gasteiger partial charge in [-0.15, -0.1) is 0 Å². The SMILES string of the molecule is CCn1cc(CN2CC[C@@H](c3ccc4ccccc4c3)[C@H](O)C2)cn1. The van der Waals surface area contributed by atoms with E-state index in [-0.39, 0.29) is 12.0 Å². The molecule has 1 saturated heterocycles. The molecule has 0 bridgehead atoms. The predicted molar refractivity (Wildman–Crippen MR) is 100 cm³/mol. The lowest BCUT2D eigenvalue weighted by Gasteiger charge is -2.36. The fourth-order valence-electron chi connectivity index (χ4n) is 3.89. The fourth-order valence-corrected chi connectivity index (χ4v) is 3.89. The van der Waals surface area contributed by atoms with Gasteiger partial charge in [-0.2, -0.15) is 5.10 Å². The van der Waals surface area contributed by atoms with Gasteiger partial charge in [-0.05, 0) is 36.2 Å². The molecule has 2 aromatic carbocycles. The van der Waals surface area contributed by atoms with E-state index >= 15 is 0 Å². The van der Waals surface area contributed by atoms with Gasteiger partial charge in [-0.25, -0.2) is 0 Å². The Morgan fingerprint density at radius 3 is 2.76 bits per heavy atom. The average Bonchev–Trinajstić information content (AvgIpc) is 3.09. The molecule has 4 heteroatoms. The molecule has 25 heavy (non-hydrogen) atoms. The van der Waals surface area contributed by atoms with Crippen LogP contribution in [0.4, 0.5) is 0 Å². The van der Waals surface area contributed by atoms with Crippen LogP contribution in [0.3, 0.4) is 0 Å². The van der Waals surface area contributed by atoms with Crippen molar-refractivity contribution < 1.29 is 5.11 Å². The first-order valence-corrected chi connectivity index (χ1v) is 9.13. The number of aromatic nitrogens is 2. The van der Waals surface area contributed by atoms with Gasteiger partial charge >= 0.3 is 0 Å². The average molecular weight is 335 g/mol. The second kappa shape index (κ2) is 6.98. The van der Waals surface area contributed by atoms with E-state index in [0.29, 0.717) is 0 Å². The summed E-state index contributed by atoms with van der Waals surface area (Å²) in [5, 5.41) is 17.6. The first kappa shape index (κ1) is 16.3. The molecule has 130 valence electrons. The number of aryl methyl sites for hydroxylation is 1. The van der Waals surface area contributed by atoms with E-state index in [4.69, 9.17) is 0 Å². The predicted octanol–water partition coefficient (Wildman–Crippen LogP) is 3.41. The van der Waals surface area contributed by atoms with Gasteiger partial charge in [-0.1, -0.05) is 42.5 Å². The molecule has 4 nitrogen and oxygen atoms in total. The number of piperidine rings is 1. The second-order valence-electron chi connectivity index (χ2n) is 7.01. The molecule has 0 radical (unpaired) electrons. The Morgan fingerprint density at radius 1 is 1.16 bits per heavy atom. The van der Waals surface area contributed by atoms with E-state index in [1.807, 2.05) is 10.9 Å². The van der Waals surface area contributed by atoms with Crippen molar-refractivity contribution in [3.05, 3.63) is 66.0 Å². The van der Waals surface area contributed by atoms with Crippen LogP contribution in [0.2, 0.25) is 0 Å². The highest BCUT2D eigenvalue weighted by Crippen LogP contribution is 2.31. The van der Waals surface area contributed by atoms with Crippen LogP contribution < -0.4 is 0 Å². The lowest BCUT2D eigenvalue weighted by molar-refractivity contribution is 0.0477. The first-order valence-electron chi connectivity index (χ1n) is 9.13. The van der Waals surface area contributed by atoms with Crippen LogP contribution in [-0.4, -0.2) is 39.0 Å². The van der Waals surface area contributed by atoms with Crippen molar-refractivity contribution in [2.24, 2.45) is 0 Å². The van der Waals surface area contributed by atoms with Crippen LogP contribution in [0, 0.1) is 0 Å². The summed E-state index contributed by atoms with van der Waals surface area (Å²) in [5.41, 5.74) is 2.47. The van der Waals surface area contributed by atoms with E-state index in [9.17, 15) is 5.11 Å². The minimum absolute atomic E-state index is 0.222. The summed E-state index contributed by atoms with van der Waals surface area (Å²) >= 11 is 0. The Balaban J connectivity index is 1.45. The number of β-amino-alcohol motifs (C(OH)–C–C–N with tert-alkyl or cyclic N) is 1. The van der Waals surface area contributed by atoms with E-state index in [0.717, 1.165) is 32.6 Å². The summed E-state index contributed by atoms with van der Waals surface area (Å²) in [4.78, 5) is 2.33. The maximum absolute atomic E-state index is 10.7. The Morgan fingerprint density at radius 2 is 2.00 bits per heavy atom. The number of nitrogens with zero attached hydrogens (tertiary/aromatic N) is 3. The molecule has 1 aliphatic rings. The summed E-state index contributed by atoms with van der Waals surface area (Å²) < 4.78 is 1.95. The van der Waals surface area contributed by atoms with E-state index < -0.39 is 0 Å². The van der Waals surface area contributed by atoms with E-state index in [1.54, 1.807) is 0 Å². The third-order valence-electron chi connectivity index (χ3n) is 5.28. The zero-order valence-corrected chi connectivity index (χ0v) is 14.7. The summed E-state index contributed by atoms with van der Waals surface area (Å²) in [6, 6.07) is 15.0. The lowest BCUT2D eigenvalue weighted by atomic mass is 9.86. The quantitative estimate of drug-likeness (QED) is 0.794. The highest BCUT2D eigenvalue weighted by Gasteiger charge is 2.29. The van der Waals surface area contributed by atoms with E-state index in [1.165, 1.54) is 21.9 Å². The highest BCUT2D eigenvalue weighted by atomic mass is 16.3. The molecule has 3 aromatic rings. The van der Waals surface area contributed by atoms with Gasteiger partial charge in [0.2, 0.25) is 0 Å². The maximum Gasteiger partial charge on any atom is 0.0736 e. The number of hydrogen-bond donors (Lipinski definition) is 1. The molecule has 0 spiro atoms. The maximum atomic E-state index is 10.7. The van der Waals surface area contributed by atoms with Gasteiger partial charge in [0.05, 0.1) is 12.3 Å². The minimum Gasteiger partial charge on any atom is -0.391 e. The van der Waals surface area contributed by atoms with Crippen molar-refractivity contribution in [1.29, 1.82) is 0 Å². The highest BCUT2D eigenvalue weighted by molar-refractivity contribution is 5.83. The first-order chi connectivity index (χ1) is 12.2. The minimum atomic E-state index is -0.323. The van der Waals surface area contributed by atoms with Crippen molar-refractivity contribution in [3.63, 3.8) is 0 Å². The Kier molecular flexibility index (Phi) is 4.55. The van der Waals surface area contributed by atoms with Gasteiger partial charge in [0.25, 0.3) is 0 Å². The molecule has 1 N–H and O–H groups in total. The molecule has 0 amide bonds. The van der Waals surface area contributed by atoms with Crippen LogP contribution in [0.5, 0.6) is 0 Å². The third-order valence-corrected chi connectivity index (χ3v) is 5.28. The summed E-state index contributed by atoms with van der Waals surface area (Å²) in [6.45, 7) is 5.57. The van der Waals surface area contributed by atoms with Gasteiger partial charge < -0.3 is 5.11 Å². The molecular formula is C21H25N3O.